The van der Waals surface area contributed by atoms with E-state index in [4.69, 9.17) is 13.5 Å². The van der Waals surface area contributed by atoms with Gasteiger partial charge in [0.25, 0.3) is 0 Å². The van der Waals surface area contributed by atoms with Crippen LogP contribution in [0.1, 0.15) is 65.2 Å². The molecule has 0 amide bonds. The average molecular weight is 370 g/mol. The van der Waals surface area contributed by atoms with Gasteiger partial charge in [-0.05, 0) is 0 Å². The van der Waals surface area contributed by atoms with Crippen LogP contribution in [0.4, 0.5) is 0 Å². The maximum Gasteiger partial charge on any atom is -0.153 e. The summed E-state index contributed by atoms with van der Waals surface area (Å²) in [6.45, 7) is 4.29. The molecule has 0 saturated carbocycles. The third-order valence-electron chi connectivity index (χ3n) is 5.11. The molecule has 3 aliphatic carbocycles. The minimum atomic E-state index is -0.614. The monoisotopic (exact) mass is 370 g/mol. The zero-order valence-electron chi connectivity index (χ0n) is 15.4. The Morgan fingerprint density at radius 1 is 1.08 bits per heavy atom. The quantitative estimate of drug-likeness (QED) is 0.716. The number of fused-ring (bicyclic) bond motifs is 1. The van der Waals surface area contributed by atoms with E-state index in [9.17, 15) is 4.79 Å². The Morgan fingerprint density at radius 2 is 1.71 bits per heavy atom. The molecule has 0 heterocycles. The van der Waals surface area contributed by atoms with E-state index in [0.717, 1.165) is 14.2 Å². The van der Waals surface area contributed by atoms with Gasteiger partial charge in [0.05, 0.1) is 0 Å². The fourth-order valence-corrected chi connectivity index (χ4v) is 6.17. The van der Waals surface area contributed by atoms with Gasteiger partial charge in [0.2, 0.25) is 0 Å². The molecule has 0 aromatic carbocycles. The average Bonchev–Trinajstić information content (AvgIpc) is 2.96. The predicted molar refractivity (Wildman–Crippen MR) is 87.5 cm³/mol. The molecule has 0 aromatic rings. The summed E-state index contributed by atoms with van der Waals surface area (Å²) in [5.74, 6) is 0.649. The molecule has 0 bridgehead atoms. The zero-order chi connectivity index (χ0) is 18.1. The SMILES string of the molecule is CCC(=O)[O][Ti+2][CH]1CCCC2=C1C(C)C1=C2CCCC1.C[O-].C[O-]. The van der Waals surface area contributed by atoms with Crippen LogP contribution in [0.2, 0.25) is 4.22 Å². The van der Waals surface area contributed by atoms with E-state index < -0.39 is 19.5 Å². The Kier molecular flexibility index (Phi) is 10.1. The fourth-order valence-electron chi connectivity index (χ4n) is 4.15. The third-order valence-corrected chi connectivity index (χ3v) is 7.03. The van der Waals surface area contributed by atoms with Gasteiger partial charge in [0.1, 0.15) is 0 Å². The van der Waals surface area contributed by atoms with Crippen LogP contribution in [0.5, 0.6) is 0 Å². The molecule has 0 aliphatic heterocycles. The molecule has 3 aliphatic rings. The first-order valence-corrected chi connectivity index (χ1v) is 10.5. The normalized spacial score (nSPS) is 24.6. The van der Waals surface area contributed by atoms with Crippen molar-refractivity contribution in [3.8, 4) is 0 Å². The summed E-state index contributed by atoms with van der Waals surface area (Å²) in [6.07, 6.45) is 9.70. The molecule has 24 heavy (non-hydrogen) atoms. The van der Waals surface area contributed by atoms with Gasteiger partial charge in [-0.1, -0.05) is 0 Å². The van der Waals surface area contributed by atoms with Crippen LogP contribution >= 0.6 is 0 Å². The molecular formula is C19H30O4Ti. The number of carbonyl (C=O) groups excluding carboxylic acids is 1. The Bertz CT molecular complexity index is 482. The number of rotatable bonds is 3. The van der Waals surface area contributed by atoms with Gasteiger partial charge in [-0.15, -0.1) is 0 Å². The van der Waals surface area contributed by atoms with Gasteiger partial charge in [0, 0.05) is 0 Å². The molecule has 3 rings (SSSR count). The van der Waals surface area contributed by atoms with E-state index >= 15 is 0 Å². The van der Waals surface area contributed by atoms with Gasteiger partial charge in [0.15, 0.2) is 0 Å². The smallest absolute Gasteiger partial charge is 0.153 e. The van der Waals surface area contributed by atoms with Crippen molar-refractivity contribution in [1.29, 1.82) is 0 Å². The van der Waals surface area contributed by atoms with Gasteiger partial charge in [-0.25, -0.2) is 0 Å². The van der Waals surface area contributed by atoms with E-state index in [-0.39, 0.29) is 5.97 Å². The first-order chi connectivity index (χ1) is 11.7. The second kappa shape index (κ2) is 11.2. The summed E-state index contributed by atoms with van der Waals surface area (Å²) in [7, 11) is 1.50. The standard InChI is InChI=1S/C14H19.C3H6O2.2CH3O.Ti/c1-10-11-6-2-4-8-13(11)14-9-5-3-7-12(10)14;1-2-3(4)5;2*1-2;/h6,10H,2-5,7-9H2,1H3;2H2,1H3,(H,4,5);2*1H3;/q;;2*-1;+3/p-1. The van der Waals surface area contributed by atoms with Crippen molar-refractivity contribution in [2.24, 2.45) is 5.92 Å². The summed E-state index contributed by atoms with van der Waals surface area (Å²) >= 11 is -0.614. The molecule has 2 unspecified atom stereocenters. The van der Waals surface area contributed by atoms with Crippen LogP contribution < -0.4 is 10.2 Å². The Morgan fingerprint density at radius 3 is 2.38 bits per heavy atom. The van der Waals surface area contributed by atoms with E-state index in [2.05, 4.69) is 6.92 Å². The van der Waals surface area contributed by atoms with E-state index in [1.54, 1.807) is 22.3 Å². The fraction of sp³-hybridized carbons (Fsp3) is 0.737. The van der Waals surface area contributed by atoms with E-state index in [1.165, 1.54) is 44.9 Å². The number of carbonyl (C=O) groups is 1. The maximum absolute atomic E-state index is 11.5. The van der Waals surface area contributed by atoms with E-state index in [0.29, 0.717) is 16.6 Å². The summed E-state index contributed by atoms with van der Waals surface area (Å²) in [5, 5.41) is 16.5. The van der Waals surface area contributed by atoms with Crippen LogP contribution in [-0.2, 0) is 27.7 Å². The minimum absolute atomic E-state index is 0.00101. The number of hydrogen-bond acceptors (Lipinski definition) is 4. The summed E-state index contributed by atoms with van der Waals surface area (Å²) in [5.41, 5.74) is 6.84. The number of hydrogen-bond donors (Lipinski definition) is 0. The van der Waals surface area contributed by atoms with Crippen LogP contribution in [0.25, 0.3) is 0 Å². The van der Waals surface area contributed by atoms with Crippen molar-refractivity contribution in [3.05, 3.63) is 22.3 Å². The third kappa shape index (κ3) is 4.81. The Labute approximate surface area is 155 Å². The molecule has 0 N–H and O–H groups in total. The maximum atomic E-state index is 11.5. The van der Waals surface area contributed by atoms with Crippen LogP contribution in [0.15, 0.2) is 22.3 Å². The van der Waals surface area contributed by atoms with Crippen molar-refractivity contribution in [3.63, 3.8) is 0 Å². The Hall–Kier alpha value is -0.416. The van der Waals surface area contributed by atoms with Crippen LogP contribution in [0.3, 0.4) is 0 Å². The second-order valence-corrected chi connectivity index (χ2v) is 8.03. The van der Waals surface area contributed by atoms with Gasteiger partial charge >= 0.3 is 131 Å². The molecule has 5 heteroatoms. The molecule has 0 radical (unpaired) electrons. The molecule has 0 saturated heterocycles. The van der Waals surface area contributed by atoms with Gasteiger partial charge < -0.3 is 10.2 Å². The first kappa shape index (κ1) is 21.6. The minimum Gasteiger partial charge on any atom is -0.857 e. The Balaban J connectivity index is 0.000000671. The molecule has 0 aromatic heterocycles. The molecule has 0 spiro atoms. The molecule has 4 nitrogen and oxygen atoms in total. The molecular weight excluding hydrogens is 340 g/mol. The van der Waals surface area contributed by atoms with Crippen LogP contribution in [-0.4, -0.2) is 20.2 Å². The zero-order valence-corrected chi connectivity index (χ0v) is 17.0. The largest absolute Gasteiger partial charge is 0.857 e. The van der Waals surface area contributed by atoms with Gasteiger partial charge in [-0.2, -0.15) is 14.2 Å². The van der Waals surface area contributed by atoms with E-state index in [1.807, 2.05) is 6.92 Å². The van der Waals surface area contributed by atoms with Crippen molar-refractivity contribution in [2.45, 2.75) is 69.4 Å². The first-order valence-electron chi connectivity index (χ1n) is 8.94. The van der Waals surface area contributed by atoms with Crippen molar-refractivity contribution in [2.75, 3.05) is 14.2 Å². The predicted octanol–water partition coefficient (Wildman–Crippen LogP) is 2.68. The summed E-state index contributed by atoms with van der Waals surface area (Å²) in [6, 6.07) is 0. The number of allylic oxidation sites excluding steroid dienone is 4. The molecule has 2 atom stereocenters. The summed E-state index contributed by atoms with van der Waals surface area (Å²) < 4.78 is 6.18. The second-order valence-electron chi connectivity index (χ2n) is 6.26. The summed E-state index contributed by atoms with van der Waals surface area (Å²) in [4.78, 5) is 11.5. The van der Waals surface area contributed by atoms with Crippen molar-refractivity contribution >= 4 is 5.97 Å². The van der Waals surface area contributed by atoms with Crippen LogP contribution in [0, 0.1) is 5.92 Å². The van der Waals surface area contributed by atoms with Crippen molar-refractivity contribution < 1.29 is 37.9 Å². The molecule has 134 valence electrons. The molecule has 0 fully saturated rings. The van der Waals surface area contributed by atoms with Crippen molar-refractivity contribution in [1.82, 2.24) is 0 Å². The topological polar surface area (TPSA) is 72.4 Å². The van der Waals surface area contributed by atoms with Gasteiger partial charge in [-0.3, -0.25) is 0 Å².